The van der Waals surface area contributed by atoms with Crippen LogP contribution < -0.4 is 4.90 Å². The number of aliphatic imine (C=N–C) groups is 1. The van der Waals surface area contributed by atoms with E-state index in [1.54, 1.807) is 12.3 Å². The van der Waals surface area contributed by atoms with Gasteiger partial charge >= 0.3 is 0 Å². The molecule has 1 aliphatic heterocycles. The van der Waals surface area contributed by atoms with Crippen molar-refractivity contribution in [3.8, 4) is 0 Å². The lowest BCUT2D eigenvalue weighted by Crippen LogP contribution is -2.45. The van der Waals surface area contributed by atoms with E-state index in [1.807, 2.05) is 0 Å². The lowest BCUT2D eigenvalue weighted by molar-refractivity contribution is 0.550. The van der Waals surface area contributed by atoms with E-state index >= 15 is 0 Å². The Morgan fingerprint density at radius 1 is 1.19 bits per heavy atom. The van der Waals surface area contributed by atoms with Crippen molar-refractivity contribution in [3.63, 3.8) is 0 Å². The molecule has 0 bridgehead atoms. The third-order valence-electron chi connectivity index (χ3n) is 4.71. The molecule has 3 rings (SSSR count). The third kappa shape index (κ3) is 3.68. The van der Waals surface area contributed by atoms with Crippen LogP contribution in [0.5, 0.6) is 0 Å². The van der Waals surface area contributed by atoms with Crippen LogP contribution in [0.3, 0.4) is 0 Å². The van der Waals surface area contributed by atoms with Crippen LogP contribution >= 0.6 is 11.6 Å². The molecular formula is C22H24ClFN2. The smallest absolute Gasteiger partial charge is 0.141 e. The molecule has 0 unspecified atom stereocenters. The zero-order valence-electron chi connectivity index (χ0n) is 15.7. The summed E-state index contributed by atoms with van der Waals surface area (Å²) in [5, 5.41) is 0.0845. The van der Waals surface area contributed by atoms with E-state index in [9.17, 15) is 4.39 Å². The second-order valence-corrected chi connectivity index (χ2v) is 7.67. The van der Waals surface area contributed by atoms with Crippen LogP contribution in [0.15, 0.2) is 47.5 Å². The van der Waals surface area contributed by atoms with Crippen molar-refractivity contribution in [1.29, 1.82) is 0 Å². The molecule has 0 saturated carbocycles. The summed E-state index contributed by atoms with van der Waals surface area (Å²) in [6, 6.07) is 10.9. The summed E-state index contributed by atoms with van der Waals surface area (Å²) >= 11 is 5.82. The van der Waals surface area contributed by atoms with Crippen molar-refractivity contribution >= 4 is 34.8 Å². The van der Waals surface area contributed by atoms with Crippen molar-refractivity contribution in [2.75, 3.05) is 11.4 Å². The van der Waals surface area contributed by atoms with Gasteiger partial charge in [0.2, 0.25) is 0 Å². The number of allylic oxidation sites excluding steroid dienone is 1. The number of anilines is 1. The summed E-state index contributed by atoms with van der Waals surface area (Å²) in [4.78, 5) is 6.88. The van der Waals surface area contributed by atoms with Crippen molar-refractivity contribution in [2.45, 2.75) is 39.7 Å². The largest absolute Gasteiger partial charge is 0.362 e. The van der Waals surface area contributed by atoms with E-state index < -0.39 is 5.82 Å². The van der Waals surface area contributed by atoms with Gasteiger partial charge in [0.05, 0.1) is 16.2 Å². The van der Waals surface area contributed by atoms with Crippen LogP contribution in [0.25, 0.3) is 5.57 Å². The molecule has 2 aromatic carbocycles. The Hall–Kier alpha value is -2.13. The summed E-state index contributed by atoms with van der Waals surface area (Å²) < 4.78 is 13.3. The molecule has 136 valence electrons. The summed E-state index contributed by atoms with van der Waals surface area (Å²) in [5.74, 6) is -0.432. The third-order valence-corrected chi connectivity index (χ3v) is 5.00. The Bertz CT molecular complexity index is 884. The number of nitrogens with zero attached hydrogens (tertiary/aromatic N) is 2. The first-order chi connectivity index (χ1) is 12.3. The maximum Gasteiger partial charge on any atom is 0.141 e. The van der Waals surface area contributed by atoms with E-state index in [4.69, 9.17) is 11.6 Å². The van der Waals surface area contributed by atoms with Crippen LogP contribution in [-0.4, -0.2) is 18.3 Å². The predicted molar refractivity (Wildman–Crippen MR) is 110 cm³/mol. The fraction of sp³-hybridized carbons (Fsp3) is 0.318. The topological polar surface area (TPSA) is 15.6 Å². The minimum Gasteiger partial charge on any atom is -0.362 e. The lowest BCUT2D eigenvalue weighted by atomic mass is 9.88. The van der Waals surface area contributed by atoms with Crippen molar-refractivity contribution < 1.29 is 4.39 Å². The first kappa shape index (κ1) is 18.7. The minimum absolute atomic E-state index is 0.00750. The highest BCUT2D eigenvalue weighted by Gasteiger charge is 2.30. The zero-order chi connectivity index (χ0) is 18.9. The number of rotatable bonds is 4. The molecule has 0 N–H and O–H groups in total. The molecule has 0 spiro atoms. The highest BCUT2D eigenvalue weighted by atomic mass is 35.5. The number of hydrogen-bond acceptors (Lipinski definition) is 2. The second kappa shape index (κ2) is 7.24. The Balaban J connectivity index is 1.94. The van der Waals surface area contributed by atoms with Crippen LogP contribution in [0.1, 0.15) is 45.2 Å². The molecule has 1 aliphatic rings. The zero-order valence-corrected chi connectivity index (χ0v) is 16.4. The van der Waals surface area contributed by atoms with E-state index in [-0.39, 0.29) is 10.6 Å². The molecule has 0 radical (unpaired) electrons. The van der Waals surface area contributed by atoms with Gasteiger partial charge in [-0.2, -0.15) is 0 Å². The summed E-state index contributed by atoms with van der Waals surface area (Å²) in [7, 11) is 0. The maximum absolute atomic E-state index is 13.3. The minimum atomic E-state index is -0.432. The average molecular weight is 371 g/mol. The monoisotopic (exact) mass is 370 g/mol. The van der Waals surface area contributed by atoms with Gasteiger partial charge in [-0.25, -0.2) is 4.39 Å². The van der Waals surface area contributed by atoms with Crippen LogP contribution in [0.2, 0.25) is 5.02 Å². The number of hydrogen-bond donors (Lipinski definition) is 0. The Morgan fingerprint density at radius 2 is 1.96 bits per heavy atom. The maximum atomic E-state index is 13.3. The van der Waals surface area contributed by atoms with E-state index in [0.717, 1.165) is 18.5 Å². The lowest BCUT2D eigenvalue weighted by Gasteiger charge is -2.43. The van der Waals surface area contributed by atoms with Gasteiger partial charge in [0.1, 0.15) is 5.82 Å². The van der Waals surface area contributed by atoms with Gasteiger partial charge in [-0.15, -0.1) is 0 Å². The van der Waals surface area contributed by atoms with Crippen LogP contribution in [0.4, 0.5) is 15.8 Å². The second-order valence-electron chi connectivity index (χ2n) is 7.27. The Kier molecular flexibility index (Phi) is 5.19. The molecule has 0 aromatic heterocycles. The molecule has 0 aliphatic carbocycles. The number of benzene rings is 2. The molecule has 0 amide bonds. The van der Waals surface area contributed by atoms with Gasteiger partial charge < -0.3 is 4.90 Å². The van der Waals surface area contributed by atoms with E-state index in [0.29, 0.717) is 5.69 Å². The summed E-state index contributed by atoms with van der Waals surface area (Å²) in [5.41, 5.74) is 5.42. The first-order valence-corrected chi connectivity index (χ1v) is 9.30. The highest BCUT2D eigenvalue weighted by Crippen LogP contribution is 2.39. The van der Waals surface area contributed by atoms with Crippen molar-refractivity contribution in [1.82, 2.24) is 0 Å². The Labute approximate surface area is 160 Å². The van der Waals surface area contributed by atoms with Crippen LogP contribution in [0, 0.1) is 5.82 Å². The average Bonchev–Trinajstić information content (AvgIpc) is 2.59. The molecule has 0 saturated heterocycles. The van der Waals surface area contributed by atoms with Gasteiger partial charge in [-0.3, -0.25) is 4.99 Å². The fourth-order valence-corrected chi connectivity index (χ4v) is 3.70. The molecule has 0 fully saturated rings. The standard InChI is InChI=1S/C22H24ClFN2/c1-5-10-26-21-9-6-16(11-18(21)15(2)13-22(26,3)4)14-25-17-7-8-20(24)19(23)12-17/h6-9,11-14H,5,10H2,1-4H3. The van der Waals surface area contributed by atoms with Gasteiger partial charge in [0.25, 0.3) is 0 Å². The molecule has 1 heterocycles. The van der Waals surface area contributed by atoms with Gasteiger partial charge in [0.15, 0.2) is 0 Å². The van der Waals surface area contributed by atoms with Crippen molar-refractivity contribution in [2.24, 2.45) is 4.99 Å². The summed E-state index contributed by atoms with van der Waals surface area (Å²) in [6.45, 7) is 9.89. The van der Waals surface area contributed by atoms with E-state index in [1.165, 1.54) is 29.0 Å². The highest BCUT2D eigenvalue weighted by molar-refractivity contribution is 6.31. The molecular weight excluding hydrogens is 347 g/mol. The first-order valence-electron chi connectivity index (χ1n) is 8.92. The van der Waals surface area contributed by atoms with Gasteiger partial charge in [0, 0.05) is 24.0 Å². The van der Waals surface area contributed by atoms with E-state index in [2.05, 4.69) is 61.9 Å². The normalized spacial score (nSPS) is 15.9. The van der Waals surface area contributed by atoms with Crippen LogP contribution in [-0.2, 0) is 0 Å². The molecule has 0 atom stereocenters. The quantitative estimate of drug-likeness (QED) is 0.550. The number of fused-ring (bicyclic) bond motifs is 1. The summed E-state index contributed by atoms with van der Waals surface area (Å²) in [6.07, 6.45) is 5.22. The SMILES string of the molecule is CCCN1c2ccc(C=Nc3ccc(F)c(Cl)c3)cc2C(C)=CC1(C)C. The van der Waals surface area contributed by atoms with Gasteiger partial charge in [-0.05, 0) is 68.7 Å². The van der Waals surface area contributed by atoms with Crippen molar-refractivity contribution in [3.05, 3.63) is 64.4 Å². The fourth-order valence-electron chi connectivity index (χ4n) is 3.53. The Morgan fingerprint density at radius 3 is 2.65 bits per heavy atom. The molecule has 2 nitrogen and oxygen atoms in total. The molecule has 26 heavy (non-hydrogen) atoms. The molecule has 4 heteroatoms. The number of halogens is 2. The van der Waals surface area contributed by atoms with Gasteiger partial charge in [-0.1, -0.05) is 30.7 Å². The predicted octanol–water partition coefficient (Wildman–Crippen LogP) is 6.64. The molecule has 2 aromatic rings.